The zero-order valence-electron chi connectivity index (χ0n) is 9.23. The molecule has 1 rings (SSSR count). The van der Waals surface area contributed by atoms with E-state index in [0.717, 1.165) is 0 Å². The van der Waals surface area contributed by atoms with Crippen molar-refractivity contribution in [1.29, 1.82) is 0 Å². The molecule has 1 aromatic carbocycles. The second-order valence-corrected chi connectivity index (χ2v) is 3.10. The number of ether oxygens (including phenoxy) is 1. The van der Waals surface area contributed by atoms with E-state index in [1.54, 1.807) is 19.1 Å². The molecule has 4 N–H and O–H groups in total. The average molecular weight is 281 g/mol. The normalized spacial score (nSPS) is 7.82. The molecule has 0 spiro atoms. The number of hydrogen-bond donors (Lipinski definition) is 2. The van der Waals surface area contributed by atoms with Crippen LogP contribution in [0.15, 0.2) is 24.3 Å². The van der Waals surface area contributed by atoms with Crippen LogP contribution in [0.2, 0.25) is 10.0 Å². The van der Waals surface area contributed by atoms with E-state index in [1.165, 1.54) is 0 Å². The van der Waals surface area contributed by atoms with E-state index < -0.39 is 5.97 Å². The van der Waals surface area contributed by atoms with Crippen molar-refractivity contribution in [2.45, 2.75) is 6.92 Å². The van der Waals surface area contributed by atoms with Crippen LogP contribution in [0.5, 0.6) is 0 Å². The Bertz CT molecular complexity index is 314. The number of hydrazine groups is 1. The first-order valence-corrected chi connectivity index (χ1v) is 5.22. The monoisotopic (exact) mass is 280 g/mol. The van der Waals surface area contributed by atoms with Crippen LogP contribution in [0.4, 0.5) is 0 Å². The molecule has 0 saturated heterocycles. The molecule has 0 aliphatic heterocycles. The topological polar surface area (TPSA) is 95.4 Å². The minimum Gasteiger partial charge on any atom is -0.460 e. The van der Waals surface area contributed by atoms with Gasteiger partial charge >= 0.3 is 5.97 Å². The SMILES string of the molecule is CCOC(=O)C=O.Clc1ccccc1Cl.NN. The van der Waals surface area contributed by atoms with E-state index >= 15 is 0 Å². The Morgan fingerprint density at radius 1 is 1.29 bits per heavy atom. The molecule has 0 aromatic heterocycles. The minimum absolute atomic E-state index is 0.142. The molecule has 0 heterocycles. The zero-order valence-corrected chi connectivity index (χ0v) is 10.7. The molecule has 17 heavy (non-hydrogen) atoms. The summed E-state index contributed by atoms with van der Waals surface area (Å²) in [6.07, 6.45) is 0.142. The number of hydrogen-bond acceptors (Lipinski definition) is 5. The lowest BCUT2D eigenvalue weighted by molar-refractivity contribution is -0.148. The average Bonchev–Trinajstić information content (AvgIpc) is 2.36. The van der Waals surface area contributed by atoms with Gasteiger partial charge < -0.3 is 4.74 Å². The number of aldehydes is 1. The highest BCUT2D eigenvalue weighted by Crippen LogP contribution is 2.19. The lowest BCUT2D eigenvalue weighted by Gasteiger charge is -1.88. The molecule has 5 nitrogen and oxygen atoms in total. The number of rotatable bonds is 2. The van der Waals surface area contributed by atoms with Crippen LogP contribution in [-0.4, -0.2) is 18.9 Å². The van der Waals surface area contributed by atoms with Gasteiger partial charge in [-0.15, -0.1) is 0 Å². The summed E-state index contributed by atoms with van der Waals surface area (Å²) < 4.78 is 4.18. The molecule has 0 fully saturated rings. The van der Waals surface area contributed by atoms with Gasteiger partial charge in [0.15, 0.2) is 0 Å². The van der Waals surface area contributed by atoms with Crippen LogP contribution in [0, 0.1) is 0 Å². The van der Waals surface area contributed by atoms with Gasteiger partial charge in [-0.1, -0.05) is 35.3 Å². The van der Waals surface area contributed by atoms with Crippen molar-refractivity contribution in [2.24, 2.45) is 11.7 Å². The third-order valence-electron chi connectivity index (χ3n) is 1.21. The Balaban J connectivity index is 0. The summed E-state index contributed by atoms with van der Waals surface area (Å²) in [5.41, 5.74) is 0. The molecule has 0 unspecified atom stereocenters. The third kappa shape index (κ3) is 11.1. The molecule has 1 aromatic rings. The van der Waals surface area contributed by atoms with E-state index in [2.05, 4.69) is 16.4 Å². The van der Waals surface area contributed by atoms with E-state index in [4.69, 9.17) is 23.2 Å². The van der Waals surface area contributed by atoms with Crippen molar-refractivity contribution in [3.63, 3.8) is 0 Å². The largest absolute Gasteiger partial charge is 0.460 e. The molecular formula is C10H14Cl2N2O3. The van der Waals surface area contributed by atoms with Gasteiger partial charge in [-0.05, 0) is 19.1 Å². The summed E-state index contributed by atoms with van der Waals surface area (Å²) in [7, 11) is 0. The van der Waals surface area contributed by atoms with Crippen LogP contribution < -0.4 is 11.7 Å². The molecular weight excluding hydrogens is 267 g/mol. The molecule has 0 amide bonds. The first-order valence-electron chi connectivity index (χ1n) is 4.47. The van der Waals surface area contributed by atoms with E-state index in [1.807, 2.05) is 12.1 Å². The van der Waals surface area contributed by atoms with Gasteiger partial charge in [0.1, 0.15) is 0 Å². The second kappa shape index (κ2) is 12.9. The lowest BCUT2D eigenvalue weighted by atomic mass is 10.4. The fraction of sp³-hybridized carbons (Fsp3) is 0.200. The Labute approximate surface area is 110 Å². The summed E-state index contributed by atoms with van der Waals surface area (Å²) in [4.78, 5) is 19.2. The molecule has 0 saturated carbocycles. The van der Waals surface area contributed by atoms with Crippen LogP contribution in [0.3, 0.4) is 0 Å². The summed E-state index contributed by atoms with van der Waals surface area (Å²) in [6.45, 7) is 1.90. The number of halogens is 2. The van der Waals surface area contributed by atoms with Crippen molar-refractivity contribution >= 4 is 35.5 Å². The van der Waals surface area contributed by atoms with Crippen LogP contribution in [-0.2, 0) is 14.3 Å². The summed E-state index contributed by atoms with van der Waals surface area (Å²) in [6, 6.07) is 7.19. The first kappa shape index (κ1) is 18.2. The van der Waals surface area contributed by atoms with Crippen molar-refractivity contribution in [3.8, 4) is 0 Å². The van der Waals surface area contributed by atoms with E-state index in [-0.39, 0.29) is 12.9 Å². The van der Waals surface area contributed by atoms with Gasteiger partial charge in [-0.25, -0.2) is 4.79 Å². The number of carbonyl (C=O) groups is 2. The van der Waals surface area contributed by atoms with Crippen LogP contribution >= 0.6 is 23.2 Å². The van der Waals surface area contributed by atoms with Gasteiger partial charge in [0.2, 0.25) is 6.29 Å². The molecule has 0 aliphatic carbocycles. The Morgan fingerprint density at radius 3 is 1.88 bits per heavy atom. The van der Waals surface area contributed by atoms with Crippen LogP contribution in [0.25, 0.3) is 0 Å². The molecule has 0 bridgehead atoms. The van der Waals surface area contributed by atoms with Gasteiger partial charge in [0.25, 0.3) is 0 Å². The van der Waals surface area contributed by atoms with Crippen LogP contribution in [0.1, 0.15) is 6.92 Å². The number of benzene rings is 1. The Kier molecular flexibility index (Phi) is 13.9. The second-order valence-electron chi connectivity index (χ2n) is 2.28. The highest BCUT2D eigenvalue weighted by atomic mass is 35.5. The Morgan fingerprint density at radius 2 is 1.71 bits per heavy atom. The Hall–Kier alpha value is -1.14. The maximum absolute atomic E-state index is 9.82. The molecule has 0 radical (unpaired) electrons. The van der Waals surface area contributed by atoms with Gasteiger partial charge in [0.05, 0.1) is 16.7 Å². The van der Waals surface area contributed by atoms with E-state index in [0.29, 0.717) is 10.0 Å². The smallest absolute Gasteiger partial charge is 0.371 e. The molecule has 7 heteroatoms. The predicted octanol–water partition coefficient (Wildman–Crippen LogP) is 1.56. The van der Waals surface area contributed by atoms with Crippen molar-refractivity contribution in [2.75, 3.05) is 6.61 Å². The van der Waals surface area contributed by atoms with E-state index in [9.17, 15) is 9.59 Å². The fourth-order valence-electron chi connectivity index (χ4n) is 0.616. The van der Waals surface area contributed by atoms with Gasteiger partial charge in [-0.3, -0.25) is 16.5 Å². The highest BCUT2D eigenvalue weighted by molar-refractivity contribution is 6.41. The standard InChI is InChI=1S/C6H4Cl2.C4H6O3.H4N2/c7-5-3-1-2-4-6(5)8;1-2-7-4(6)3-5;1-2/h1-4H;3H,2H2,1H3;1-2H2. The summed E-state index contributed by atoms with van der Waals surface area (Å²) in [5.74, 6) is 7.20. The predicted molar refractivity (Wildman–Crippen MR) is 67.5 cm³/mol. The maximum Gasteiger partial charge on any atom is 0.371 e. The summed E-state index contributed by atoms with van der Waals surface area (Å²) >= 11 is 11.2. The number of esters is 1. The quantitative estimate of drug-likeness (QED) is 0.282. The first-order chi connectivity index (χ1) is 8.11. The number of nitrogens with two attached hydrogens (primary N) is 2. The van der Waals surface area contributed by atoms with Crippen molar-refractivity contribution in [1.82, 2.24) is 0 Å². The minimum atomic E-state index is -0.803. The van der Waals surface area contributed by atoms with Crippen molar-refractivity contribution < 1.29 is 14.3 Å². The summed E-state index contributed by atoms with van der Waals surface area (Å²) in [5, 5.41) is 1.21. The number of carbonyl (C=O) groups excluding carboxylic acids is 2. The van der Waals surface area contributed by atoms with Crippen molar-refractivity contribution in [3.05, 3.63) is 34.3 Å². The third-order valence-corrected chi connectivity index (χ3v) is 1.96. The highest BCUT2D eigenvalue weighted by Gasteiger charge is 1.92. The zero-order chi connectivity index (χ0) is 13.7. The molecule has 96 valence electrons. The maximum atomic E-state index is 9.82. The fourth-order valence-corrected chi connectivity index (χ4v) is 0.887. The molecule has 0 atom stereocenters. The van der Waals surface area contributed by atoms with Gasteiger partial charge in [-0.2, -0.15) is 0 Å². The molecule has 0 aliphatic rings. The lowest BCUT2D eigenvalue weighted by Crippen LogP contribution is -2.03. The van der Waals surface area contributed by atoms with Gasteiger partial charge in [0, 0.05) is 0 Å².